The highest BCUT2D eigenvalue weighted by atomic mass is 35.5. The summed E-state index contributed by atoms with van der Waals surface area (Å²) in [6.07, 6.45) is 0.923. The Morgan fingerprint density at radius 2 is 1.79 bits per heavy atom. The van der Waals surface area contributed by atoms with E-state index in [1.54, 1.807) is 12.1 Å². The first-order chi connectivity index (χ1) is 13.6. The Morgan fingerprint density at radius 1 is 1.07 bits per heavy atom. The summed E-state index contributed by atoms with van der Waals surface area (Å²) in [7, 11) is 0. The molecule has 2 aromatic carbocycles. The van der Waals surface area contributed by atoms with Crippen molar-refractivity contribution < 1.29 is 18.3 Å². The van der Waals surface area contributed by atoms with E-state index in [0.717, 1.165) is 5.56 Å². The van der Waals surface area contributed by atoms with Gasteiger partial charge in [0.2, 0.25) is 5.89 Å². The van der Waals surface area contributed by atoms with Crippen LogP contribution in [0, 0.1) is 5.82 Å². The van der Waals surface area contributed by atoms with Gasteiger partial charge in [-0.25, -0.2) is 4.39 Å². The fourth-order valence-electron chi connectivity index (χ4n) is 3.53. The molecule has 146 valence electrons. The fourth-order valence-corrected chi connectivity index (χ4v) is 3.84. The molecule has 0 amide bonds. The topological polar surface area (TPSA) is 57.4 Å². The zero-order chi connectivity index (χ0) is 19.6. The average Bonchev–Trinajstić information content (AvgIpc) is 3.22. The number of benzene rings is 2. The van der Waals surface area contributed by atoms with Crippen molar-refractivity contribution in [3.05, 3.63) is 76.7 Å². The van der Waals surface area contributed by atoms with E-state index in [1.165, 1.54) is 12.1 Å². The molecule has 0 N–H and O–H groups in total. The molecule has 7 heteroatoms. The van der Waals surface area contributed by atoms with E-state index in [0.29, 0.717) is 48.6 Å². The maximum absolute atomic E-state index is 13.1. The van der Waals surface area contributed by atoms with Gasteiger partial charge in [-0.2, -0.15) is 0 Å². The Labute approximate surface area is 167 Å². The van der Waals surface area contributed by atoms with Crippen molar-refractivity contribution in [2.24, 2.45) is 0 Å². The summed E-state index contributed by atoms with van der Waals surface area (Å²) in [6.45, 7) is 2.99. The predicted octanol–water partition coefficient (Wildman–Crippen LogP) is 5.10. The second-order valence-electron chi connectivity index (χ2n) is 6.83. The minimum Gasteiger partial charge on any atom is -0.481 e. The van der Waals surface area contributed by atoms with Crippen LogP contribution in [0.3, 0.4) is 0 Å². The summed E-state index contributed by atoms with van der Waals surface area (Å²) < 4.78 is 30.5. The largest absolute Gasteiger partial charge is 0.481 e. The van der Waals surface area contributed by atoms with E-state index in [2.05, 4.69) is 10.2 Å². The number of nitrogens with zero attached hydrogens (tertiary/aromatic N) is 2. The van der Waals surface area contributed by atoms with Gasteiger partial charge in [0.1, 0.15) is 11.6 Å². The van der Waals surface area contributed by atoms with Gasteiger partial charge in [-0.1, -0.05) is 29.8 Å². The van der Waals surface area contributed by atoms with Gasteiger partial charge in [-0.15, -0.1) is 10.2 Å². The molecule has 3 aromatic rings. The number of hydrogen-bond acceptors (Lipinski definition) is 5. The van der Waals surface area contributed by atoms with Crippen LogP contribution in [0.15, 0.2) is 52.9 Å². The van der Waals surface area contributed by atoms with E-state index in [4.69, 9.17) is 25.5 Å². The molecule has 0 unspecified atom stereocenters. The SMILES string of the molecule is C[C@H](Oc1ccc(F)cc1)c1nnc(C2(c3ccccc3Cl)CCOCC2)o1. The molecule has 1 aliphatic heterocycles. The summed E-state index contributed by atoms with van der Waals surface area (Å²) in [5.74, 6) is 1.08. The van der Waals surface area contributed by atoms with E-state index >= 15 is 0 Å². The first kappa shape index (κ1) is 18.9. The Kier molecular flexibility index (Phi) is 5.33. The molecule has 0 bridgehead atoms. The summed E-state index contributed by atoms with van der Waals surface area (Å²) in [6, 6.07) is 13.5. The molecule has 1 aromatic heterocycles. The van der Waals surface area contributed by atoms with Crippen molar-refractivity contribution in [3.8, 4) is 5.75 Å². The highest BCUT2D eigenvalue weighted by molar-refractivity contribution is 6.31. The molecule has 0 radical (unpaired) electrons. The van der Waals surface area contributed by atoms with Crippen LogP contribution in [0.4, 0.5) is 4.39 Å². The summed E-state index contributed by atoms with van der Waals surface area (Å²) in [4.78, 5) is 0. The first-order valence-corrected chi connectivity index (χ1v) is 9.55. The zero-order valence-corrected chi connectivity index (χ0v) is 16.2. The van der Waals surface area contributed by atoms with Gasteiger partial charge in [0.05, 0.1) is 5.41 Å². The summed E-state index contributed by atoms with van der Waals surface area (Å²) in [5, 5.41) is 9.21. The lowest BCUT2D eigenvalue weighted by Crippen LogP contribution is -2.35. The molecular weight excluding hydrogens is 383 g/mol. The summed E-state index contributed by atoms with van der Waals surface area (Å²) >= 11 is 6.50. The van der Waals surface area contributed by atoms with Crippen LogP contribution in [0.25, 0.3) is 0 Å². The zero-order valence-electron chi connectivity index (χ0n) is 15.4. The Balaban J connectivity index is 1.63. The second kappa shape index (κ2) is 7.89. The van der Waals surface area contributed by atoms with Crippen LogP contribution in [-0.4, -0.2) is 23.4 Å². The molecule has 0 spiro atoms. The van der Waals surface area contributed by atoms with E-state index in [1.807, 2.05) is 31.2 Å². The Morgan fingerprint density at radius 3 is 2.50 bits per heavy atom. The van der Waals surface area contributed by atoms with Crippen LogP contribution in [-0.2, 0) is 10.2 Å². The second-order valence-corrected chi connectivity index (χ2v) is 7.24. The minimum absolute atomic E-state index is 0.318. The molecule has 1 saturated heterocycles. The van der Waals surface area contributed by atoms with Crippen LogP contribution in [0.5, 0.6) is 5.75 Å². The lowest BCUT2D eigenvalue weighted by Gasteiger charge is -2.35. The Hall–Kier alpha value is -2.44. The number of hydrogen-bond donors (Lipinski definition) is 0. The van der Waals surface area contributed by atoms with Gasteiger partial charge >= 0.3 is 0 Å². The molecule has 0 aliphatic carbocycles. The lowest BCUT2D eigenvalue weighted by atomic mass is 9.74. The van der Waals surface area contributed by atoms with Crippen LogP contribution < -0.4 is 4.74 Å². The maximum atomic E-state index is 13.1. The van der Waals surface area contributed by atoms with Crippen molar-refractivity contribution in [1.82, 2.24) is 10.2 Å². The van der Waals surface area contributed by atoms with E-state index in [9.17, 15) is 4.39 Å². The van der Waals surface area contributed by atoms with Crippen molar-refractivity contribution in [1.29, 1.82) is 0 Å². The van der Waals surface area contributed by atoms with Crippen LogP contribution in [0.2, 0.25) is 5.02 Å². The number of aromatic nitrogens is 2. The minimum atomic E-state index is -0.489. The van der Waals surface area contributed by atoms with Crippen molar-refractivity contribution >= 4 is 11.6 Å². The third kappa shape index (κ3) is 3.62. The fraction of sp³-hybridized carbons (Fsp3) is 0.333. The third-order valence-electron chi connectivity index (χ3n) is 5.06. The molecule has 4 rings (SSSR count). The maximum Gasteiger partial charge on any atom is 0.256 e. The van der Waals surface area contributed by atoms with Gasteiger partial charge in [0.15, 0.2) is 6.10 Å². The average molecular weight is 403 g/mol. The quantitative estimate of drug-likeness (QED) is 0.594. The highest BCUT2D eigenvalue weighted by Crippen LogP contribution is 2.43. The number of rotatable bonds is 5. The molecule has 1 atom stereocenters. The molecule has 1 fully saturated rings. The predicted molar refractivity (Wildman–Crippen MR) is 102 cm³/mol. The van der Waals surface area contributed by atoms with Crippen molar-refractivity contribution in [3.63, 3.8) is 0 Å². The van der Waals surface area contributed by atoms with Gasteiger partial charge in [0.25, 0.3) is 5.89 Å². The number of halogens is 2. The Bertz CT molecular complexity index is 939. The number of ether oxygens (including phenoxy) is 2. The molecule has 5 nitrogen and oxygen atoms in total. The molecular formula is C21H20ClFN2O3. The molecule has 2 heterocycles. The lowest BCUT2D eigenvalue weighted by molar-refractivity contribution is 0.0531. The van der Waals surface area contributed by atoms with Gasteiger partial charge in [-0.05, 0) is 55.7 Å². The van der Waals surface area contributed by atoms with E-state index in [-0.39, 0.29) is 5.82 Å². The molecule has 0 saturated carbocycles. The normalized spacial score (nSPS) is 17.2. The first-order valence-electron chi connectivity index (χ1n) is 9.17. The van der Waals surface area contributed by atoms with Gasteiger partial charge < -0.3 is 13.9 Å². The smallest absolute Gasteiger partial charge is 0.256 e. The highest BCUT2D eigenvalue weighted by Gasteiger charge is 2.43. The molecule has 1 aliphatic rings. The summed E-state index contributed by atoms with van der Waals surface area (Å²) in [5.41, 5.74) is 0.472. The van der Waals surface area contributed by atoms with Crippen molar-refractivity contribution in [2.75, 3.05) is 13.2 Å². The monoisotopic (exact) mass is 402 g/mol. The van der Waals surface area contributed by atoms with Crippen LogP contribution in [0.1, 0.15) is 43.2 Å². The van der Waals surface area contributed by atoms with Crippen LogP contribution >= 0.6 is 11.6 Å². The van der Waals surface area contributed by atoms with Gasteiger partial charge in [0, 0.05) is 18.2 Å². The third-order valence-corrected chi connectivity index (χ3v) is 5.39. The standard InChI is InChI=1S/C21H20ClFN2O3/c1-14(27-16-8-6-15(23)7-9-16)19-24-25-20(28-19)21(10-12-26-13-11-21)17-4-2-3-5-18(17)22/h2-9,14H,10-13H2,1H3/t14-/m0/s1. The molecule has 28 heavy (non-hydrogen) atoms. The van der Waals surface area contributed by atoms with Crippen molar-refractivity contribution in [2.45, 2.75) is 31.3 Å². The van der Waals surface area contributed by atoms with Gasteiger partial charge in [-0.3, -0.25) is 0 Å². The van der Waals surface area contributed by atoms with E-state index < -0.39 is 11.5 Å².